The average Bonchev–Trinajstić information content (AvgIpc) is 2.82. The van der Waals surface area contributed by atoms with Crippen LogP contribution in [-0.2, 0) is 6.54 Å². The van der Waals surface area contributed by atoms with Crippen LogP contribution in [0.2, 0.25) is 0 Å². The van der Waals surface area contributed by atoms with Crippen LogP contribution < -0.4 is 4.74 Å². The summed E-state index contributed by atoms with van der Waals surface area (Å²) in [5.41, 5.74) is 1.09. The van der Waals surface area contributed by atoms with Gasteiger partial charge in [-0.3, -0.25) is 0 Å². The fourth-order valence-corrected chi connectivity index (χ4v) is 3.95. The third-order valence-electron chi connectivity index (χ3n) is 4.34. The van der Waals surface area contributed by atoms with E-state index in [-0.39, 0.29) is 6.03 Å². The Labute approximate surface area is 145 Å². The van der Waals surface area contributed by atoms with E-state index in [9.17, 15) is 9.59 Å². The van der Waals surface area contributed by atoms with Crippen molar-refractivity contribution in [1.29, 1.82) is 0 Å². The molecular weight excluding hydrogens is 330 g/mol. The van der Waals surface area contributed by atoms with Crippen LogP contribution in [0.4, 0.5) is 9.59 Å². The van der Waals surface area contributed by atoms with E-state index in [4.69, 9.17) is 9.84 Å². The Hall–Kier alpha value is -2.09. The summed E-state index contributed by atoms with van der Waals surface area (Å²) in [7, 11) is 1.64. The number of amides is 3. The summed E-state index contributed by atoms with van der Waals surface area (Å²) in [6.07, 6.45) is -0.922. The first-order valence-corrected chi connectivity index (χ1v) is 8.88. The van der Waals surface area contributed by atoms with Gasteiger partial charge in [-0.2, -0.15) is 0 Å². The number of piperazine rings is 1. The number of carbonyl (C=O) groups is 2. The van der Waals surface area contributed by atoms with Gasteiger partial charge in [-0.05, 0) is 23.8 Å². The largest absolute Gasteiger partial charge is 0.497 e. The number of fused-ring (bicyclic) bond motifs is 1. The molecule has 0 radical (unpaired) electrons. The zero-order valence-corrected chi connectivity index (χ0v) is 14.4. The van der Waals surface area contributed by atoms with Gasteiger partial charge in [-0.1, -0.05) is 0 Å². The smallest absolute Gasteiger partial charge is 0.407 e. The molecule has 0 unspecified atom stereocenters. The van der Waals surface area contributed by atoms with E-state index in [1.807, 2.05) is 23.1 Å². The highest BCUT2D eigenvalue weighted by Gasteiger charge is 2.28. The van der Waals surface area contributed by atoms with Gasteiger partial charge in [-0.15, -0.1) is 11.8 Å². The highest BCUT2D eigenvalue weighted by Crippen LogP contribution is 2.30. The normalized spacial score (nSPS) is 18.0. The minimum atomic E-state index is -0.922. The van der Waals surface area contributed by atoms with E-state index in [0.29, 0.717) is 39.3 Å². The number of rotatable bonds is 1. The van der Waals surface area contributed by atoms with Crippen LogP contribution in [0.3, 0.4) is 0 Å². The topological polar surface area (TPSA) is 73.3 Å². The van der Waals surface area contributed by atoms with E-state index in [0.717, 1.165) is 17.1 Å². The molecule has 0 bridgehead atoms. The molecule has 1 fully saturated rings. The molecule has 1 N–H and O–H groups in total. The second kappa shape index (κ2) is 7.21. The number of benzene rings is 1. The van der Waals surface area contributed by atoms with Crippen molar-refractivity contribution >= 4 is 23.9 Å². The van der Waals surface area contributed by atoms with E-state index in [1.54, 1.807) is 23.8 Å². The van der Waals surface area contributed by atoms with Gasteiger partial charge in [0.15, 0.2) is 0 Å². The molecule has 2 heterocycles. The van der Waals surface area contributed by atoms with Gasteiger partial charge in [0, 0.05) is 49.9 Å². The van der Waals surface area contributed by atoms with Gasteiger partial charge < -0.3 is 24.5 Å². The number of hydrogen-bond acceptors (Lipinski definition) is 4. The monoisotopic (exact) mass is 351 g/mol. The first-order chi connectivity index (χ1) is 11.6. The summed E-state index contributed by atoms with van der Waals surface area (Å²) in [4.78, 5) is 29.9. The van der Waals surface area contributed by atoms with Crippen molar-refractivity contribution in [3.8, 4) is 5.75 Å². The summed E-state index contributed by atoms with van der Waals surface area (Å²) in [5.74, 6) is 1.64. The van der Waals surface area contributed by atoms with Crippen LogP contribution in [0.5, 0.6) is 5.75 Å². The Kier molecular flexibility index (Phi) is 5.03. The van der Waals surface area contributed by atoms with Gasteiger partial charge in [0.25, 0.3) is 0 Å². The van der Waals surface area contributed by atoms with Crippen LogP contribution in [-0.4, -0.2) is 77.5 Å². The lowest BCUT2D eigenvalue weighted by molar-refractivity contribution is 0.0988. The van der Waals surface area contributed by atoms with Gasteiger partial charge in [0.05, 0.1) is 7.11 Å². The van der Waals surface area contributed by atoms with E-state index in [2.05, 4.69) is 0 Å². The number of urea groups is 1. The number of thioether (sulfide) groups is 1. The maximum atomic E-state index is 12.8. The number of carbonyl (C=O) groups excluding carboxylic acids is 1. The van der Waals surface area contributed by atoms with Crippen molar-refractivity contribution in [2.75, 3.05) is 45.6 Å². The number of carboxylic acid groups (broad SMARTS) is 1. The molecule has 7 nitrogen and oxygen atoms in total. The zero-order valence-electron chi connectivity index (χ0n) is 13.6. The Bertz CT molecular complexity index is 632. The Morgan fingerprint density at radius 2 is 1.79 bits per heavy atom. The van der Waals surface area contributed by atoms with Crippen molar-refractivity contribution in [3.63, 3.8) is 0 Å². The first-order valence-electron chi connectivity index (χ1n) is 7.90. The fraction of sp³-hybridized carbons (Fsp3) is 0.500. The Balaban J connectivity index is 1.68. The van der Waals surface area contributed by atoms with Crippen molar-refractivity contribution in [2.45, 2.75) is 11.4 Å². The Morgan fingerprint density at radius 3 is 2.46 bits per heavy atom. The maximum absolute atomic E-state index is 12.8. The Morgan fingerprint density at radius 1 is 1.08 bits per heavy atom. The summed E-state index contributed by atoms with van der Waals surface area (Å²) >= 11 is 1.75. The molecule has 8 heteroatoms. The molecule has 3 amide bonds. The number of hydrogen-bond donors (Lipinski definition) is 1. The molecule has 0 aliphatic carbocycles. The molecule has 1 aromatic carbocycles. The van der Waals surface area contributed by atoms with Crippen LogP contribution in [0.25, 0.3) is 0 Å². The van der Waals surface area contributed by atoms with Gasteiger partial charge in [0.2, 0.25) is 0 Å². The summed E-state index contributed by atoms with van der Waals surface area (Å²) in [6, 6.07) is 5.94. The average molecular weight is 351 g/mol. The number of methoxy groups -OCH3 is 1. The van der Waals surface area contributed by atoms with Crippen molar-refractivity contribution in [1.82, 2.24) is 14.7 Å². The number of nitrogens with zero attached hydrogens (tertiary/aromatic N) is 3. The van der Waals surface area contributed by atoms with Gasteiger partial charge in [-0.25, -0.2) is 9.59 Å². The van der Waals surface area contributed by atoms with E-state index < -0.39 is 6.09 Å². The molecule has 1 saturated heterocycles. The molecule has 0 saturated carbocycles. The highest BCUT2D eigenvalue weighted by molar-refractivity contribution is 7.99. The lowest BCUT2D eigenvalue weighted by Crippen LogP contribution is -2.53. The quantitative estimate of drug-likeness (QED) is 0.838. The van der Waals surface area contributed by atoms with E-state index >= 15 is 0 Å². The standard InChI is InChI=1S/C16H21N3O4S/c1-23-13-2-3-14-12(10-13)11-19(8-9-24-14)15(20)17-4-6-18(7-5-17)16(21)22/h2-3,10H,4-9,11H2,1H3,(H,21,22). The third kappa shape index (κ3) is 3.53. The van der Waals surface area contributed by atoms with Gasteiger partial charge >= 0.3 is 12.1 Å². The molecule has 2 aliphatic heterocycles. The summed E-state index contributed by atoms with van der Waals surface area (Å²) < 4.78 is 5.28. The number of ether oxygens (including phenoxy) is 1. The molecule has 0 aromatic heterocycles. The van der Waals surface area contributed by atoms with E-state index in [1.165, 1.54) is 9.80 Å². The molecule has 0 spiro atoms. The van der Waals surface area contributed by atoms with Crippen molar-refractivity contribution < 1.29 is 19.4 Å². The molecule has 0 atom stereocenters. The van der Waals surface area contributed by atoms with Crippen LogP contribution in [0.1, 0.15) is 5.56 Å². The third-order valence-corrected chi connectivity index (χ3v) is 5.43. The molecule has 1 aromatic rings. The minimum Gasteiger partial charge on any atom is -0.497 e. The van der Waals surface area contributed by atoms with Crippen molar-refractivity contribution in [2.24, 2.45) is 0 Å². The maximum Gasteiger partial charge on any atom is 0.407 e. The fourth-order valence-electron chi connectivity index (χ4n) is 2.95. The molecule has 24 heavy (non-hydrogen) atoms. The second-order valence-corrected chi connectivity index (χ2v) is 6.92. The lowest BCUT2D eigenvalue weighted by Gasteiger charge is -2.36. The minimum absolute atomic E-state index is 0.0173. The van der Waals surface area contributed by atoms with Crippen LogP contribution in [0, 0.1) is 0 Å². The summed E-state index contributed by atoms with van der Waals surface area (Å²) in [6.45, 7) is 2.86. The van der Waals surface area contributed by atoms with Crippen LogP contribution >= 0.6 is 11.8 Å². The highest BCUT2D eigenvalue weighted by atomic mass is 32.2. The second-order valence-electron chi connectivity index (χ2n) is 5.78. The lowest BCUT2D eigenvalue weighted by atomic mass is 10.2. The van der Waals surface area contributed by atoms with Crippen LogP contribution in [0.15, 0.2) is 23.1 Å². The predicted octanol–water partition coefficient (Wildman–Crippen LogP) is 2.02. The molecule has 3 rings (SSSR count). The predicted molar refractivity (Wildman–Crippen MR) is 90.7 cm³/mol. The SMILES string of the molecule is COc1ccc2c(c1)CN(C(=O)N1CCN(C(=O)O)CC1)CCS2. The summed E-state index contributed by atoms with van der Waals surface area (Å²) in [5, 5.41) is 9.01. The zero-order chi connectivity index (χ0) is 17.1. The molecule has 130 valence electrons. The van der Waals surface area contributed by atoms with Crippen molar-refractivity contribution in [3.05, 3.63) is 23.8 Å². The molecule has 2 aliphatic rings. The first kappa shape index (κ1) is 16.8. The molecular formula is C16H21N3O4S. The van der Waals surface area contributed by atoms with Gasteiger partial charge in [0.1, 0.15) is 5.75 Å².